The number of aryl methyl sites for hydroxylation is 2. The van der Waals surface area contributed by atoms with E-state index in [0.717, 1.165) is 17.5 Å². The van der Waals surface area contributed by atoms with Crippen molar-refractivity contribution in [3.63, 3.8) is 0 Å². The number of hydrogen-bond acceptors (Lipinski definition) is 1. The molecular formula is C13H12F2N2O. The number of carbonyl (C=O) groups is 1. The van der Waals surface area contributed by atoms with Crippen molar-refractivity contribution in [1.29, 1.82) is 0 Å². The van der Waals surface area contributed by atoms with Crippen LogP contribution in [0, 0.1) is 25.5 Å². The summed E-state index contributed by atoms with van der Waals surface area (Å²) < 4.78 is 28.0. The molecule has 1 heterocycles. The summed E-state index contributed by atoms with van der Waals surface area (Å²) in [6.07, 6.45) is 0. The van der Waals surface area contributed by atoms with E-state index in [2.05, 4.69) is 5.43 Å². The lowest BCUT2D eigenvalue weighted by Crippen LogP contribution is -2.25. The first kappa shape index (κ1) is 12.3. The van der Waals surface area contributed by atoms with Gasteiger partial charge in [0.25, 0.3) is 5.91 Å². The smallest absolute Gasteiger partial charge is 0.267 e. The Morgan fingerprint density at radius 2 is 1.72 bits per heavy atom. The predicted molar refractivity (Wildman–Crippen MR) is 64.0 cm³/mol. The number of carbonyl (C=O) groups excluding carboxylic acids is 1. The standard InChI is InChI=1S/C13H12F2N2O/c1-8-6-7-9(2)17(8)16-13(18)10-4-3-5-11(14)12(10)15/h3-7H,1-2H3,(H,16,18). The van der Waals surface area contributed by atoms with Gasteiger partial charge < -0.3 is 0 Å². The van der Waals surface area contributed by atoms with Crippen LogP contribution >= 0.6 is 0 Å². The largest absolute Gasteiger partial charge is 0.273 e. The van der Waals surface area contributed by atoms with Crippen LogP contribution in [0.15, 0.2) is 30.3 Å². The second-order valence-corrected chi connectivity index (χ2v) is 3.99. The van der Waals surface area contributed by atoms with Crippen LogP contribution in [-0.4, -0.2) is 10.6 Å². The molecular weight excluding hydrogens is 238 g/mol. The normalized spacial score (nSPS) is 10.4. The molecule has 0 radical (unpaired) electrons. The molecule has 0 aliphatic carbocycles. The Morgan fingerprint density at radius 3 is 2.33 bits per heavy atom. The van der Waals surface area contributed by atoms with Crippen LogP contribution in [0.3, 0.4) is 0 Å². The first-order valence-electron chi connectivity index (χ1n) is 5.41. The quantitative estimate of drug-likeness (QED) is 0.873. The van der Waals surface area contributed by atoms with E-state index in [1.54, 1.807) is 13.8 Å². The average Bonchev–Trinajstić information content (AvgIpc) is 2.64. The van der Waals surface area contributed by atoms with Gasteiger partial charge in [0.1, 0.15) is 0 Å². The third kappa shape index (κ3) is 2.11. The van der Waals surface area contributed by atoms with E-state index in [9.17, 15) is 13.6 Å². The summed E-state index contributed by atoms with van der Waals surface area (Å²) in [4.78, 5) is 11.9. The van der Waals surface area contributed by atoms with Crippen LogP contribution < -0.4 is 5.43 Å². The van der Waals surface area contributed by atoms with Gasteiger partial charge in [0.05, 0.1) is 5.56 Å². The molecule has 18 heavy (non-hydrogen) atoms. The lowest BCUT2D eigenvalue weighted by Gasteiger charge is -2.11. The number of halogens is 2. The molecule has 1 N–H and O–H groups in total. The third-order valence-corrected chi connectivity index (χ3v) is 2.68. The maximum absolute atomic E-state index is 13.4. The van der Waals surface area contributed by atoms with E-state index in [-0.39, 0.29) is 5.56 Å². The third-order valence-electron chi connectivity index (χ3n) is 2.68. The van der Waals surface area contributed by atoms with Crippen LogP contribution in [0.1, 0.15) is 21.7 Å². The molecule has 1 amide bonds. The lowest BCUT2D eigenvalue weighted by atomic mass is 10.2. The predicted octanol–water partition coefficient (Wildman–Crippen LogP) is 2.77. The molecule has 1 aromatic heterocycles. The zero-order valence-corrected chi connectivity index (χ0v) is 10.00. The summed E-state index contributed by atoms with van der Waals surface area (Å²) in [7, 11) is 0. The van der Waals surface area contributed by atoms with Crippen molar-refractivity contribution in [2.75, 3.05) is 5.43 Å². The maximum Gasteiger partial charge on any atom is 0.273 e. The Balaban J connectivity index is 2.31. The number of nitrogens with zero attached hydrogens (tertiary/aromatic N) is 1. The van der Waals surface area contributed by atoms with Gasteiger partial charge in [-0.15, -0.1) is 0 Å². The highest BCUT2D eigenvalue weighted by Crippen LogP contribution is 2.12. The molecule has 2 rings (SSSR count). The van der Waals surface area contributed by atoms with Crippen LogP contribution in [0.4, 0.5) is 8.78 Å². The van der Waals surface area contributed by atoms with Gasteiger partial charge in [-0.25, -0.2) is 8.78 Å². The monoisotopic (exact) mass is 250 g/mol. The van der Waals surface area contributed by atoms with E-state index in [1.165, 1.54) is 16.8 Å². The van der Waals surface area contributed by atoms with Crippen LogP contribution in [0.25, 0.3) is 0 Å². The van der Waals surface area contributed by atoms with Gasteiger partial charge in [-0.1, -0.05) is 6.07 Å². The van der Waals surface area contributed by atoms with Crippen molar-refractivity contribution in [2.45, 2.75) is 13.8 Å². The molecule has 5 heteroatoms. The molecule has 94 valence electrons. The van der Waals surface area contributed by atoms with Gasteiger partial charge >= 0.3 is 0 Å². The van der Waals surface area contributed by atoms with Crippen molar-refractivity contribution in [2.24, 2.45) is 0 Å². The average molecular weight is 250 g/mol. The summed E-state index contributed by atoms with van der Waals surface area (Å²) >= 11 is 0. The molecule has 0 spiro atoms. The summed E-state index contributed by atoms with van der Waals surface area (Å²) in [5.41, 5.74) is 3.80. The van der Waals surface area contributed by atoms with Crippen molar-refractivity contribution >= 4 is 5.91 Å². The second kappa shape index (κ2) is 4.60. The van der Waals surface area contributed by atoms with E-state index in [4.69, 9.17) is 0 Å². The zero-order chi connectivity index (χ0) is 13.3. The molecule has 0 fully saturated rings. The molecule has 0 saturated carbocycles. The Bertz CT molecular complexity index is 586. The molecule has 0 bridgehead atoms. The van der Waals surface area contributed by atoms with Crippen molar-refractivity contribution < 1.29 is 13.6 Å². The van der Waals surface area contributed by atoms with Gasteiger partial charge in [-0.05, 0) is 38.1 Å². The molecule has 0 aliphatic heterocycles. The highest BCUT2D eigenvalue weighted by molar-refractivity contribution is 6.00. The number of amides is 1. The number of aromatic nitrogens is 1. The van der Waals surface area contributed by atoms with E-state index in [1.807, 2.05) is 12.1 Å². The van der Waals surface area contributed by atoms with Crippen molar-refractivity contribution in [3.8, 4) is 0 Å². The summed E-state index contributed by atoms with van der Waals surface area (Å²) in [5, 5.41) is 0. The minimum Gasteiger partial charge on any atom is -0.267 e. The molecule has 1 aromatic carbocycles. The first-order valence-corrected chi connectivity index (χ1v) is 5.41. The summed E-state index contributed by atoms with van der Waals surface area (Å²) in [6, 6.07) is 7.14. The number of rotatable bonds is 2. The van der Waals surface area contributed by atoms with Crippen molar-refractivity contribution in [3.05, 3.63) is 58.9 Å². The fourth-order valence-electron chi connectivity index (χ4n) is 1.69. The van der Waals surface area contributed by atoms with Gasteiger partial charge in [0.2, 0.25) is 0 Å². The molecule has 0 unspecified atom stereocenters. The minimum atomic E-state index is -1.14. The van der Waals surface area contributed by atoms with Gasteiger partial charge in [0.15, 0.2) is 11.6 Å². The number of nitrogens with one attached hydrogen (secondary N) is 1. The van der Waals surface area contributed by atoms with Crippen LogP contribution in [-0.2, 0) is 0 Å². The Labute approximate surface area is 103 Å². The molecule has 0 atom stereocenters. The van der Waals surface area contributed by atoms with E-state index >= 15 is 0 Å². The topological polar surface area (TPSA) is 34.0 Å². The fourth-order valence-corrected chi connectivity index (χ4v) is 1.69. The van der Waals surface area contributed by atoms with Crippen molar-refractivity contribution in [1.82, 2.24) is 4.68 Å². The molecule has 0 aliphatic rings. The van der Waals surface area contributed by atoms with E-state index in [0.29, 0.717) is 0 Å². The molecule has 0 saturated heterocycles. The Kier molecular flexibility index (Phi) is 3.14. The van der Waals surface area contributed by atoms with Crippen LogP contribution in [0.5, 0.6) is 0 Å². The maximum atomic E-state index is 13.4. The van der Waals surface area contributed by atoms with Gasteiger partial charge in [0, 0.05) is 11.4 Å². The number of benzene rings is 1. The second-order valence-electron chi connectivity index (χ2n) is 3.99. The summed E-state index contributed by atoms with van der Waals surface area (Å²) in [5.74, 6) is -2.87. The zero-order valence-electron chi connectivity index (χ0n) is 10.00. The fraction of sp³-hybridized carbons (Fsp3) is 0.154. The Morgan fingerprint density at radius 1 is 1.11 bits per heavy atom. The SMILES string of the molecule is Cc1ccc(C)n1NC(=O)c1cccc(F)c1F. The van der Waals surface area contributed by atoms with Crippen LogP contribution in [0.2, 0.25) is 0 Å². The number of hydrogen-bond donors (Lipinski definition) is 1. The highest BCUT2D eigenvalue weighted by atomic mass is 19.2. The minimum absolute atomic E-state index is 0.317. The molecule has 3 nitrogen and oxygen atoms in total. The molecule has 2 aromatic rings. The van der Waals surface area contributed by atoms with Gasteiger partial charge in [-0.2, -0.15) is 0 Å². The lowest BCUT2D eigenvalue weighted by molar-refractivity contribution is 0.100. The first-order chi connectivity index (χ1) is 8.50. The Hall–Kier alpha value is -2.17. The summed E-state index contributed by atoms with van der Waals surface area (Å²) in [6.45, 7) is 3.60. The van der Waals surface area contributed by atoms with E-state index < -0.39 is 17.5 Å². The highest BCUT2D eigenvalue weighted by Gasteiger charge is 2.16. The van der Waals surface area contributed by atoms with Gasteiger partial charge in [-0.3, -0.25) is 14.9 Å².